The van der Waals surface area contributed by atoms with Crippen LogP contribution in [0.3, 0.4) is 0 Å². The van der Waals surface area contributed by atoms with E-state index in [1.54, 1.807) is 0 Å². The number of rotatable bonds is 9. The van der Waals surface area contributed by atoms with Crippen LogP contribution in [0, 0.1) is 0 Å². The molecule has 0 amide bonds. The SMILES string of the molecule is c1ccc(-c2nc(-c3ccccc3)nc(-c3ccc(C4c5ccccc5-c5cc(-c6ccc([Si](c7ccccc7)(c7ccccc7)c7ccccc7)cc6)ccc54)cc3)n2)cc1. The van der Waals surface area contributed by atoms with Crippen LogP contribution >= 0.6 is 0 Å². The predicted octanol–water partition coefficient (Wildman–Crippen LogP) is 11.1. The third-order valence-corrected chi connectivity index (χ3v) is 17.2. The third-order valence-electron chi connectivity index (χ3n) is 12.4. The molecule has 9 aromatic carbocycles. The molecular weight excluding hydrogens is 767 g/mol. The van der Waals surface area contributed by atoms with Crippen molar-refractivity contribution in [3.8, 4) is 56.4 Å². The highest BCUT2D eigenvalue weighted by atomic mass is 28.3. The van der Waals surface area contributed by atoms with Gasteiger partial charge in [-0.3, -0.25) is 0 Å². The smallest absolute Gasteiger partial charge is 0.179 e. The van der Waals surface area contributed by atoms with Crippen molar-refractivity contribution in [2.45, 2.75) is 5.92 Å². The lowest BCUT2D eigenvalue weighted by Gasteiger charge is -2.34. The Morgan fingerprint density at radius 1 is 0.274 bits per heavy atom. The largest absolute Gasteiger partial charge is 0.208 e. The Morgan fingerprint density at radius 2 is 0.645 bits per heavy atom. The first-order chi connectivity index (χ1) is 30.7. The molecule has 62 heavy (non-hydrogen) atoms. The van der Waals surface area contributed by atoms with Crippen LogP contribution in [-0.4, -0.2) is 23.0 Å². The van der Waals surface area contributed by atoms with Crippen LogP contribution in [0.1, 0.15) is 22.6 Å². The summed E-state index contributed by atoms with van der Waals surface area (Å²) in [7, 11) is -2.61. The van der Waals surface area contributed by atoms with Gasteiger partial charge in [0.05, 0.1) is 0 Å². The minimum atomic E-state index is -2.61. The van der Waals surface area contributed by atoms with Crippen molar-refractivity contribution in [2.24, 2.45) is 0 Å². The van der Waals surface area contributed by atoms with E-state index in [-0.39, 0.29) is 5.92 Å². The maximum Gasteiger partial charge on any atom is 0.179 e. The van der Waals surface area contributed by atoms with Gasteiger partial charge in [-0.05, 0) is 65.8 Å². The van der Waals surface area contributed by atoms with Crippen molar-refractivity contribution in [1.29, 1.82) is 0 Å². The molecule has 1 atom stereocenters. The number of hydrogen-bond donors (Lipinski definition) is 0. The Bertz CT molecular complexity index is 2980. The summed E-state index contributed by atoms with van der Waals surface area (Å²) in [5, 5.41) is 5.49. The average molecular weight is 808 g/mol. The van der Waals surface area contributed by atoms with Crippen LogP contribution in [0.25, 0.3) is 56.4 Å². The van der Waals surface area contributed by atoms with E-state index in [4.69, 9.17) is 15.0 Å². The lowest BCUT2D eigenvalue weighted by Crippen LogP contribution is -2.74. The Labute approximate surface area is 363 Å². The van der Waals surface area contributed by atoms with E-state index < -0.39 is 8.07 Å². The van der Waals surface area contributed by atoms with Gasteiger partial charge >= 0.3 is 0 Å². The van der Waals surface area contributed by atoms with Crippen LogP contribution in [0.5, 0.6) is 0 Å². The number of aromatic nitrogens is 3. The van der Waals surface area contributed by atoms with Gasteiger partial charge in [0.2, 0.25) is 0 Å². The minimum Gasteiger partial charge on any atom is -0.208 e. The fourth-order valence-corrected chi connectivity index (χ4v) is 14.2. The quantitative estimate of drug-likeness (QED) is 0.108. The van der Waals surface area contributed by atoms with Crippen LogP contribution in [0.15, 0.2) is 243 Å². The van der Waals surface area contributed by atoms with Gasteiger partial charge in [-0.1, -0.05) is 237 Å². The monoisotopic (exact) mass is 807 g/mol. The van der Waals surface area contributed by atoms with Gasteiger partial charge in [0.25, 0.3) is 0 Å². The van der Waals surface area contributed by atoms with Gasteiger partial charge in [-0.2, -0.15) is 0 Å². The minimum absolute atomic E-state index is 0.110. The predicted molar refractivity (Wildman–Crippen MR) is 258 cm³/mol. The molecule has 0 saturated carbocycles. The van der Waals surface area contributed by atoms with Crippen molar-refractivity contribution in [1.82, 2.24) is 15.0 Å². The van der Waals surface area contributed by atoms with Gasteiger partial charge in [0.1, 0.15) is 0 Å². The van der Waals surface area contributed by atoms with Gasteiger partial charge < -0.3 is 0 Å². The molecule has 0 saturated heterocycles. The van der Waals surface area contributed by atoms with Crippen LogP contribution < -0.4 is 20.7 Å². The molecule has 0 N–H and O–H groups in total. The molecule has 1 aliphatic rings. The topological polar surface area (TPSA) is 38.7 Å². The van der Waals surface area contributed by atoms with Crippen LogP contribution in [0.2, 0.25) is 0 Å². The van der Waals surface area contributed by atoms with Crippen molar-refractivity contribution < 1.29 is 0 Å². The van der Waals surface area contributed by atoms with E-state index in [2.05, 4.69) is 182 Å². The molecule has 0 spiro atoms. The molecule has 0 bridgehead atoms. The number of nitrogens with zero attached hydrogens (tertiary/aromatic N) is 3. The van der Waals surface area contributed by atoms with Gasteiger partial charge in [-0.25, -0.2) is 15.0 Å². The van der Waals surface area contributed by atoms with E-state index in [9.17, 15) is 0 Å². The zero-order valence-corrected chi connectivity index (χ0v) is 35.0. The Kier molecular flexibility index (Phi) is 9.61. The summed E-state index contributed by atoms with van der Waals surface area (Å²) >= 11 is 0. The Morgan fingerprint density at radius 3 is 1.15 bits per heavy atom. The lowest BCUT2D eigenvalue weighted by atomic mass is 9.88. The average Bonchev–Trinajstić information content (AvgIpc) is 3.69. The molecule has 0 aliphatic heterocycles. The third kappa shape index (κ3) is 6.58. The van der Waals surface area contributed by atoms with E-state index in [1.165, 1.54) is 59.7 Å². The summed E-state index contributed by atoms with van der Waals surface area (Å²) in [6.45, 7) is 0. The van der Waals surface area contributed by atoms with E-state index in [1.807, 2.05) is 60.7 Å². The zero-order valence-electron chi connectivity index (χ0n) is 34.0. The van der Waals surface area contributed by atoms with Crippen molar-refractivity contribution in [3.63, 3.8) is 0 Å². The molecule has 1 aromatic heterocycles. The molecule has 4 heteroatoms. The summed E-state index contributed by atoms with van der Waals surface area (Å²) in [5.74, 6) is 2.09. The van der Waals surface area contributed by atoms with Gasteiger partial charge in [0, 0.05) is 22.6 Å². The zero-order chi connectivity index (χ0) is 41.3. The fraction of sp³-hybridized carbons (Fsp3) is 0.0172. The highest BCUT2D eigenvalue weighted by Gasteiger charge is 2.41. The molecule has 1 aliphatic carbocycles. The van der Waals surface area contributed by atoms with Crippen LogP contribution in [0.4, 0.5) is 0 Å². The van der Waals surface area contributed by atoms with E-state index in [0.717, 1.165) is 16.7 Å². The molecule has 292 valence electrons. The van der Waals surface area contributed by atoms with Crippen molar-refractivity contribution in [2.75, 3.05) is 0 Å². The maximum atomic E-state index is 4.98. The highest BCUT2D eigenvalue weighted by molar-refractivity contribution is 7.19. The lowest BCUT2D eigenvalue weighted by molar-refractivity contribution is 1.01. The summed E-state index contributed by atoms with van der Waals surface area (Å²) < 4.78 is 0. The van der Waals surface area contributed by atoms with Gasteiger partial charge in [-0.15, -0.1) is 0 Å². The molecule has 0 radical (unpaired) electrons. The first kappa shape index (κ1) is 37.2. The first-order valence-electron chi connectivity index (χ1n) is 21.2. The summed E-state index contributed by atoms with van der Waals surface area (Å²) in [5.41, 5.74) is 11.8. The van der Waals surface area contributed by atoms with E-state index in [0.29, 0.717) is 17.5 Å². The summed E-state index contributed by atoms with van der Waals surface area (Å²) in [4.78, 5) is 14.9. The number of benzene rings is 9. The molecule has 1 heterocycles. The normalized spacial score (nSPS) is 13.0. The maximum absolute atomic E-state index is 4.98. The van der Waals surface area contributed by atoms with Crippen molar-refractivity contribution in [3.05, 3.63) is 259 Å². The molecule has 3 nitrogen and oxygen atoms in total. The Balaban J connectivity index is 0.955. The molecular formula is C58H41N3Si. The van der Waals surface area contributed by atoms with Gasteiger partial charge in [0.15, 0.2) is 25.5 Å². The number of fused-ring (bicyclic) bond motifs is 3. The highest BCUT2D eigenvalue weighted by Crippen LogP contribution is 2.49. The number of hydrogen-bond acceptors (Lipinski definition) is 3. The van der Waals surface area contributed by atoms with Crippen molar-refractivity contribution >= 4 is 28.8 Å². The summed E-state index contributed by atoms with van der Waals surface area (Å²) in [6.07, 6.45) is 0. The summed E-state index contributed by atoms with van der Waals surface area (Å²) in [6, 6.07) is 87.8. The second kappa shape index (κ2) is 16.0. The van der Waals surface area contributed by atoms with Crippen LogP contribution in [-0.2, 0) is 0 Å². The second-order valence-electron chi connectivity index (χ2n) is 15.9. The Hall–Kier alpha value is -7.79. The molecule has 1 unspecified atom stereocenters. The molecule has 11 rings (SSSR count). The standard InChI is InChI=1S/C58H41N3Si/c1-6-18-43(19-7-1)56-59-57(44-20-8-2-9-21-44)61-58(60-56)45-32-30-42(31-33-45)55-52-29-17-16-28-51(52)54-40-46(36-39-53(54)55)41-34-37-50(38-35-41)62(47-22-10-3-11-23-47,48-24-12-4-13-25-48)49-26-14-5-15-27-49/h1-40,55H. The first-order valence-corrected chi connectivity index (χ1v) is 23.2. The molecule has 10 aromatic rings. The molecule has 0 fully saturated rings. The fourth-order valence-electron chi connectivity index (χ4n) is 9.48. The second-order valence-corrected chi connectivity index (χ2v) is 19.7. The van der Waals surface area contributed by atoms with E-state index >= 15 is 0 Å².